The Morgan fingerprint density at radius 1 is 1.22 bits per heavy atom. The Hall–Kier alpha value is -3.87. The zero-order valence-electron chi connectivity index (χ0n) is 21.4. The van der Waals surface area contributed by atoms with Crippen LogP contribution in [-0.2, 0) is 19.5 Å². The van der Waals surface area contributed by atoms with Gasteiger partial charge in [0.25, 0.3) is 0 Å². The van der Waals surface area contributed by atoms with Crippen molar-refractivity contribution in [2.45, 2.75) is 53.6 Å². The van der Waals surface area contributed by atoms with Crippen LogP contribution >= 0.6 is 0 Å². The fourth-order valence-corrected chi connectivity index (χ4v) is 4.47. The van der Waals surface area contributed by atoms with Gasteiger partial charge in [0.1, 0.15) is 6.33 Å². The van der Waals surface area contributed by atoms with Crippen LogP contribution in [0.5, 0.6) is 0 Å². The van der Waals surface area contributed by atoms with E-state index in [-0.39, 0.29) is 5.82 Å². The Labute approximate surface area is 212 Å². The number of nitrogens with one attached hydrogen (secondary N) is 1. The number of fused-ring (bicyclic) bond motifs is 1. The number of pyridine rings is 2. The van der Waals surface area contributed by atoms with Gasteiger partial charge in [0, 0.05) is 49.7 Å². The van der Waals surface area contributed by atoms with Crippen molar-refractivity contribution in [1.82, 2.24) is 19.9 Å². The van der Waals surface area contributed by atoms with Gasteiger partial charge in [0.2, 0.25) is 5.82 Å². The van der Waals surface area contributed by atoms with Gasteiger partial charge in [0.05, 0.1) is 5.69 Å². The summed E-state index contributed by atoms with van der Waals surface area (Å²) in [5.74, 6) is 0.0551. The van der Waals surface area contributed by atoms with Crippen LogP contribution in [0.3, 0.4) is 0 Å². The van der Waals surface area contributed by atoms with Gasteiger partial charge in [-0.2, -0.15) is 4.39 Å². The first-order chi connectivity index (χ1) is 17.5. The van der Waals surface area contributed by atoms with Crippen LogP contribution in [0.15, 0.2) is 66.8 Å². The second-order valence-corrected chi connectivity index (χ2v) is 8.96. The predicted molar refractivity (Wildman–Crippen MR) is 144 cm³/mol. The molecule has 4 rings (SSSR count). The van der Waals surface area contributed by atoms with Crippen LogP contribution in [-0.4, -0.2) is 26.5 Å². The fraction of sp³-hybridized carbons (Fsp3) is 0.310. The zero-order chi connectivity index (χ0) is 25.5. The van der Waals surface area contributed by atoms with Crippen LogP contribution in [0.4, 0.5) is 16.0 Å². The smallest absolute Gasteiger partial charge is 0.207 e. The first-order valence-electron chi connectivity index (χ1n) is 12.4. The molecule has 1 aliphatic heterocycles. The second-order valence-electron chi connectivity index (χ2n) is 8.96. The highest BCUT2D eigenvalue weighted by molar-refractivity contribution is 5.75. The molecule has 0 amide bonds. The summed E-state index contributed by atoms with van der Waals surface area (Å²) in [6.45, 7) is 9.94. The molecule has 0 aliphatic carbocycles. The average molecular weight is 485 g/mol. The summed E-state index contributed by atoms with van der Waals surface area (Å²) in [4.78, 5) is 19.5. The summed E-state index contributed by atoms with van der Waals surface area (Å²) in [5.41, 5.74) is 7.40. The van der Waals surface area contributed by atoms with Crippen LogP contribution in [0.2, 0.25) is 0 Å². The summed E-state index contributed by atoms with van der Waals surface area (Å²) in [6.07, 6.45) is 15.2. The summed E-state index contributed by atoms with van der Waals surface area (Å²) in [6, 6.07) is 6.03. The normalized spacial score (nSPS) is 14.3. The molecule has 0 saturated heterocycles. The molecule has 186 valence electrons. The lowest BCUT2D eigenvalue weighted by molar-refractivity contribution is 0.594. The Bertz CT molecular complexity index is 1310. The number of anilines is 2. The number of hydrogen-bond donors (Lipinski definition) is 1. The van der Waals surface area contributed by atoms with E-state index in [4.69, 9.17) is 4.98 Å². The van der Waals surface area contributed by atoms with Crippen LogP contribution in [0.25, 0.3) is 5.57 Å². The molecule has 0 spiro atoms. The van der Waals surface area contributed by atoms with E-state index in [2.05, 4.69) is 65.3 Å². The first-order valence-corrected chi connectivity index (χ1v) is 12.4. The second kappa shape index (κ2) is 11.7. The maximum atomic E-state index is 15.4. The molecule has 3 aromatic heterocycles. The van der Waals surface area contributed by atoms with Crippen molar-refractivity contribution < 1.29 is 4.39 Å². The predicted octanol–water partition coefficient (Wildman–Crippen LogP) is 6.20. The largest absolute Gasteiger partial charge is 0.363 e. The molecular weight excluding hydrogens is 451 g/mol. The Kier molecular flexibility index (Phi) is 8.21. The minimum Gasteiger partial charge on any atom is -0.363 e. The number of aryl methyl sites for hydroxylation is 1. The van der Waals surface area contributed by atoms with E-state index in [0.717, 1.165) is 46.5 Å². The van der Waals surface area contributed by atoms with Crippen LogP contribution in [0.1, 0.15) is 55.3 Å². The molecule has 4 heterocycles. The third-order valence-electron chi connectivity index (χ3n) is 6.16. The molecule has 6 nitrogen and oxygen atoms in total. The van der Waals surface area contributed by atoms with Gasteiger partial charge in [-0.1, -0.05) is 48.9 Å². The van der Waals surface area contributed by atoms with Gasteiger partial charge >= 0.3 is 0 Å². The fourth-order valence-electron chi connectivity index (χ4n) is 4.47. The number of nitrogens with zero attached hydrogens (tertiary/aromatic N) is 5. The van der Waals surface area contributed by atoms with Crippen molar-refractivity contribution in [3.05, 3.63) is 101 Å². The molecule has 0 radical (unpaired) electrons. The molecule has 36 heavy (non-hydrogen) atoms. The van der Waals surface area contributed by atoms with Gasteiger partial charge in [-0.25, -0.2) is 9.97 Å². The van der Waals surface area contributed by atoms with E-state index in [1.165, 1.54) is 11.9 Å². The highest BCUT2D eigenvalue weighted by Gasteiger charge is 2.22. The van der Waals surface area contributed by atoms with Gasteiger partial charge in [-0.3, -0.25) is 9.97 Å². The molecule has 1 N–H and O–H groups in total. The van der Waals surface area contributed by atoms with Crippen LogP contribution < -0.4 is 10.2 Å². The molecule has 0 aromatic carbocycles. The van der Waals surface area contributed by atoms with E-state index in [1.807, 2.05) is 36.2 Å². The maximum absolute atomic E-state index is 15.4. The number of aromatic nitrogens is 4. The molecule has 0 unspecified atom stereocenters. The van der Waals surface area contributed by atoms with Gasteiger partial charge in [0.15, 0.2) is 11.6 Å². The summed E-state index contributed by atoms with van der Waals surface area (Å²) < 4.78 is 15.4. The van der Waals surface area contributed by atoms with Crippen molar-refractivity contribution in [2.24, 2.45) is 0 Å². The van der Waals surface area contributed by atoms with Crippen molar-refractivity contribution in [1.29, 1.82) is 0 Å². The number of allylic oxidation sites excluding steroid dienone is 6. The minimum absolute atomic E-state index is 0.188. The Balaban J connectivity index is 1.49. The van der Waals surface area contributed by atoms with Crippen molar-refractivity contribution in [3.63, 3.8) is 0 Å². The minimum atomic E-state index is -0.442. The number of halogens is 1. The first kappa shape index (κ1) is 25.2. The molecule has 0 atom stereocenters. The standard InChI is InChI=1S/C29H33FN6/c1-5-8-20(3)14-23(9-6-2)27-21(4)15-22(16-32-27)17-33-28-26(30)29(35-19-34-28)36-13-11-25-24(18-36)10-7-12-31-25/h6-10,12,14-16,19H,5,11,13,17-18H2,1-4H3,(H,33,34,35)/b9-6-,20-8+,23-14+. The van der Waals surface area contributed by atoms with Crippen molar-refractivity contribution in [3.8, 4) is 0 Å². The van der Waals surface area contributed by atoms with Gasteiger partial charge < -0.3 is 10.2 Å². The molecule has 0 fully saturated rings. The summed E-state index contributed by atoms with van der Waals surface area (Å²) in [7, 11) is 0. The lowest BCUT2D eigenvalue weighted by atomic mass is 10.0. The Morgan fingerprint density at radius 2 is 2.08 bits per heavy atom. The van der Waals surface area contributed by atoms with E-state index in [1.54, 1.807) is 6.20 Å². The van der Waals surface area contributed by atoms with Gasteiger partial charge in [-0.05, 0) is 49.9 Å². The monoisotopic (exact) mass is 484 g/mol. The third kappa shape index (κ3) is 5.85. The van der Waals surface area contributed by atoms with Crippen LogP contribution in [0, 0.1) is 12.7 Å². The molecule has 3 aromatic rings. The molecular formula is C29H33FN6. The van der Waals surface area contributed by atoms with Crippen molar-refractivity contribution in [2.75, 3.05) is 16.8 Å². The zero-order valence-corrected chi connectivity index (χ0v) is 21.4. The van der Waals surface area contributed by atoms with E-state index >= 15 is 4.39 Å². The number of hydrogen-bond acceptors (Lipinski definition) is 6. The van der Waals surface area contributed by atoms with E-state index in [9.17, 15) is 0 Å². The highest BCUT2D eigenvalue weighted by Crippen LogP contribution is 2.27. The summed E-state index contributed by atoms with van der Waals surface area (Å²) >= 11 is 0. The number of rotatable bonds is 8. The van der Waals surface area contributed by atoms with Crippen molar-refractivity contribution >= 4 is 17.2 Å². The maximum Gasteiger partial charge on any atom is 0.207 e. The third-order valence-corrected chi connectivity index (χ3v) is 6.16. The molecule has 7 heteroatoms. The topological polar surface area (TPSA) is 66.8 Å². The van der Waals surface area contributed by atoms with Gasteiger partial charge in [-0.15, -0.1) is 0 Å². The SMILES string of the molecule is C\C=C/C(=C\C(C)=C\CC)c1ncc(CNc2ncnc(N3CCc4ncccc4C3)c2F)cc1C. The Morgan fingerprint density at radius 3 is 2.86 bits per heavy atom. The average Bonchev–Trinajstić information content (AvgIpc) is 2.88. The molecule has 0 saturated carbocycles. The lowest BCUT2D eigenvalue weighted by Crippen LogP contribution is -2.32. The quantitative estimate of drug-likeness (QED) is 0.384. The molecule has 0 bridgehead atoms. The highest BCUT2D eigenvalue weighted by atomic mass is 19.1. The van der Waals surface area contributed by atoms with E-state index < -0.39 is 5.82 Å². The lowest BCUT2D eigenvalue weighted by Gasteiger charge is -2.29. The summed E-state index contributed by atoms with van der Waals surface area (Å²) in [5, 5.41) is 3.14. The van der Waals surface area contributed by atoms with E-state index in [0.29, 0.717) is 25.5 Å². The molecule has 1 aliphatic rings.